The maximum Gasteiger partial charge on any atom is 0.0532 e. The predicted octanol–water partition coefficient (Wildman–Crippen LogP) is 2.50. The van der Waals surface area contributed by atoms with Gasteiger partial charge in [0.25, 0.3) is 0 Å². The maximum atomic E-state index is 8.64. The van der Waals surface area contributed by atoms with E-state index >= 15 is 0 Å². The molecule has 0 spiro atoms. The lowest BCUT2D eigenvalue weighted by molar-refractivity contribution is 0.283. The van der Waals surface area contributed by atoms with Gasteiger partial charge in [-0.2, -0.15) is 0 Å². The first kappa shape index (κ1) is 13.2. The molecule has 1 aromatic rings. The van der Waals surface area contributed by atoms with E-state index in [0.717, 1.165) is 47.7 Å². The Kier molecular flexibility index (Phi) is 6.11. The highest BCUT2D eigenvalue weighted by Gasteiger charge is 2.03. The summed E-state index contributed by atoms with van der Waals surface area (Å²) in [5, 5.41) is 8.64. The summed E-state index contributed by atoms with van der Waals surface area (Å²) in [4.78, 5) is 1.00. The Balaban J connectivity index is 2.26. The molecule has 0 heterocycles. The lowest BCUT2D eigenvalue weighted by Gasteiger charge is -2.08. The van der Waals surface area contributed by atoms with Crippen LogP contribution >= 0.6 is 11.8 Å². The zero-order valence-electron chi connectivity index (χ0n) is 9.48. The second-order valence-electron chi connectivity index (χ2n) is 3.75. The average molecular weight is 240 g/mol. The summed E-state index contributed by atoms with van der Waals surface area (Å²) >= 11 is 1.72. The normalized spacial score (nSPS) is 10.6. The first-order valence-electron chi connectivity index (χ1n) is 5.63. The third kappa shape index (κ3) is 4.33. The van der Waals surface area contributed by atoms with Crippen molar-refractivity contribution in [3.05, 3.63) is 18.2 Å². The zero-order valence-corrected chi connectivity index (χ0v) is 10.3. The van der Waals surface area contributed by atoms with E-state index in [-0.39, 0.29) is 0 Å². The molecule has 16 heavy (non-hydrogen) atoms. The predicted molar refractivity (Wildman–Crippen MR) is 71.5 cm³/mol. The number of anilines is 2. The van der Waals surface area contributed by atoms with Gasteiger partial charge in [0.05, 0.1) is 4.90 Å². The van der Waals surface area contributed by atoms with Crippen LogP contribution in [0.25, 0.3) is 0 Å². The van der Waals surface area contributed by atoms with Gasteiger partial charge in [-0.15, -0.1) is 11.8 Å². The summed E-state index contributed by atoms with van der Waals surface area (Å²) in [6.45, 7) is 0.297. The molecule has 1 aromatic carbocycles. The van der Waals surface area contributed by atoms with Crippen molar-refractivity contribution in [1.82, 2.24) is 0 Å². The minimum Gasteiger partial charge on any atom is -0.398 e. The van der Waals surface area contributed by atoms with Crippen molar-refractivity contribution >= 4 is 23.1 Å². The van der Waals surface area contributed by atoms with Crippen LogP contribution in [-0.2, 0) is 0 Å². The molecule has 1 rings (SSSR count). The van der Waals surface area contributed by atoms with Crippen molar-refractivity contribution in [2.45, 2.75) is 30.6 Å². The van der Waals surface area contributed by atoms with E-state index in [0.29, 0.717) is 6.61 Å². The molecule has 0 radical (unpaired) electrons. The number of aliphatic hydroxyl groups is 1. The van der Waals surface area contributed by atoms with Crippen LogP contribution in [0.3, 0.4) is 0 Å². The van der Waals surface area contributed by atoms with E-state index in [1.807, 2.05) is 18.2 Å². The van der Waals surface area contributed by atoms with Crippen LogP contribution in [0.2, 0.25) is 0 Å². The van der Waals surface area contributed by atoms with Gasteiger partial charge >= 0.3 is 0 Å². The summed E-state index contributed by atoms with van der Waals surface area (Å²) in [6.07, 6.45) is 4.29. The standard InChI is InChI=1S/C12H20N2OS/c13-10-6-5-7-11(14)12(10)16-9-4-2-1-3-8-15/h5-7,15H,1-4,8-9,13-14H2. The Hall–Kier alpha value is -0.870. The third-order valence-corrected chi connectivity index (χ3v) is 3.63. The number of rotatable bonds is 7. The SMILES string of the molecule is Nc1cccc(N)c1SCCCCCCO. The maximum absolute atomic E-state index is 8.64. The van der Waals surface area contributed by atoms with Gasteiger partial charge in [0.15, 0.2) is 0 Å². The number of aliphatic hydroxyl groups excluding tert-OH is 1. The van der Waals surface area contributed by atoms with Crippen LogP contribution in [0.4, 0.5) is 11.4 Å². The van der Waals surface area contributed by atoms with Gasteiger partial charge in [-0.1, -0.05) is 18.9 Å². The van der Waals surface area contributed by atoms with Crippen LogP contribution in [0.1, 0.15) is 25.7 Å². The lowest BCUT2D eigenvalue weighted by Crippen LogP contribution is -1.95. The van der Waals surface area contributed by atoms with E-state index < -0.39 is 0 Å². The van der Waals surface area contributed by atoms with Crippen molar-refractivity contribution in [2.75, 3.05) is 23.8 Å². The van der Waals surface area contributed by atoms with Crippen LogP contribution in [-0.4, -0.2) is 17.5 Å². The van der Waals surface area contributed by atoms with Gasteiger partial charge in [-0.05, 0) is 30.7 Å². The second kappa shape index (κ2) is 7.41. The monoisotopic (exact) mass is 240 g/mol. The van der Waals surface area contributed by atoms with E-state index in [4.69, 9.17) is 16.6 Å². The number of hydrogen-bond donors (Lipinski definition) is 3. The highest BCUT2D eigenvalue weighted by molar-refractivity contribution is 7.99. The first-order valence-corrected chi connectivity index (χ1v) is 6.62. The van der Waals surface area contributed by atoms with Gasteiger partial charge in [0.1, 0.15) is 0 Å². The second-order valence-corrected chi connectivity index (χ2v) is 4.86. The number of unbranched alkanes of at least 4 members (excludes halogenated alkanes) is 3. The molecular weight excluding hydrogens is 220 g/mol. The third-order valence-electron chi connectivity index (χ3n) is 2.37. The Morgan fingerprint density at radius 1 is 1.00 bits per heavy atom. The Morgan fingerprint density at radius 2 is 1.62 bits per heavy atom. The topological polar surface area (TPSA) is 72.3 Å². The molecule has 5 N–H and O–H groups in total. The number of hydrogen-bond acceptors (Lipinski definition) is 4. The van der Waals surface area contributed by atoms with Crippen molar-refractivity contribution in [1.29, 1.82) is 0 Å². The number of nitrogen functional groups attached to an aromatic ring is 2. The Labute approximate surface area is 101 Å². The molecule has 0 saturated carbocycles. The van der Waals surface area contributed by atoms with Gasteiger partial charge in [0.2, 0.25) is 0 Å². The minimum atomic E-state index is 0.297. The van der Waals surface area contributed by atoms with E-state index in [1.54, 1.807) is 11.8 Å². The lowest BCUT2D eigenvalue weighted by atomic mass is 10.2. The van der Waals surface area contributed by atoms with E-state index in [9.17, 15) is 0 Å². The van der Waals surface area contributed by atoms with Crippen LogP contribution in [0.5, 0.6) is 0 Å². The minimum absolute atomic E-state index is 0.297. The molecule has 0 bridgehead atoms. The summed E-state index contributed by atoms with van der Waals surface area (Å²) in [6, 6.07) is 5.63. The average Bonchev–Trinajstić information content (AvgIpc) is 2.26. The molecule has 0 fully saturated rings. The fraction of sp³-hybridized carbons (Fsp3) is 0.500. The number of thioether (sulfide) groups is 1. The summed E-state index contributed by atoms with van der Waals surface area (Å²) < 4.78 is 0. The molecule has 0 aliphatic carbocycles. The van der Waals surface area contributed by atoms with Crippen LogP contribution < -0.4 is 11.5 Å². The molecule has 90 valence electrons. The fourth-order valence-electron chi connectivity index (χ4n) is 1.48. The highest BCUT2D eigenvalue weighted by atomic mass is 32.2. The quantitative estimate of drug-likeness (QED) is 0.389. The largest absolute Gasteiger partial charge is 0.398 e. The fourth-order valence-corrected chi connectivity index (χ4v) is 2.50. The number of nitrogens with two attached hydrogens (primary N) is 2. The van der Waals surface area contributed by atoms with Gasteiger partial charge in [0, 0.05) is 18.0 Å². The molecule has 0 aromatic heterocycles. The Morgan fingerprint density at radius 3 is 2.25 bits per heavy atom. The molecule has 0 amide bonds. The Bertz CT molecular complexity index is 298. The van der Waals surface area contributed by atoms with Gasteiger partial charge in [-0.3, -0.25) is 0 Å². The molecule has 0 unspecified atom stereocenters. The zero-order chi connectivity index (χ0) is 11.8. The van der Waals surface area contributed by atoms with Crippen molar-refractivity contribution < 1.29 is 5.11 Å². The summed E-state index contributed by atoms with van der Waals surface area (Å²) in [5.41, 5.74) is 13.2. The van der Waals surface area contributed by atoms with Crippen molar-refractivity contribution in [2.24, 2.45) is 0 Å². The molecule has 3 nitrogen and oxygen atoms in total. The smallest absolute Gasteiger partial charge is 0.0532 e. The van der Waals surface area contributed by atoms with Gasteiger partial charge < -0.3 is 16.6 Å². The van der Waals surface area contributed by atoms with E-state index in [1.165, 1.54) is 0 Å². The van der Waals surface area contributed by atoms with E-state index in [2.05, 4.69) is 0 Å². The first-order chi connectivity index (χ1) is 7.75. The molecule has 0 atom stereocenters. The molecule has 4 heteroatoms. The van der Waals surface area contributed by atoms with Crippen molar-refractivity contribution in [3.8, 4) is 0 Å². The number of benzene rings is 1. The van der Waals surface area contributed by atoms with Crippen molar-refractivity contribution in [3.63, 3.8) is 0 Å². The van der Waals surface area contributed by atoms with Crippen LogP contribution in [0, 0.1) is 0 Å². The molecular formula is C12H20N2OS. The summed E-state index contributed by atoms with van der Waals surface area (Å²) in [7, 11) is 0. The molecule has 0 saturated heterocycles. The molecule has 0 aliphatic heterocycles. The van der Waals surface area contributed by atoms with Gasteiger partial charge in [-0.25, -0.2) is 0 Å². The molecule has 0 aliphatic rings. The highest BCUT2D eigenvalue weighted by Crippen LogP contribution is 2.31. The van der Waals surface area contributed by atoms with Crippen LogP contribution in [0.15, 0.2) is 23.1 Å². The summed E-state index contributed by atoms with van der Waals surface area (Å²) in [5.74, 6) is 1.03.